The number of rotatable bonds is 6. The molecule has 2 rings (SSSR count). The van der Waals surface area contributed by atoms with Crippen molar-refractivity contribution < 1.29 is 23.8 Å². The van der Waals surface area contributed by atoms with Crippen molar-refractivity contribution in [1.82, 2.24) is 0 Å². The molecule has 0 saturated carbocycles. The summed E-state index contributed by atoms with van der Waals surface area (Å²) < 4.78 is 15.4. The van der Waals surface area contributed by atoms with Crippen molar-refractivity contribution in [2.75, 3.05) is 19.5 Å². The lowest BCUT2D eigenvalue weighted by Gasteiger charge is -2.14. The molecule has 8 heteroatoms. The minimum Gasteiger partial charge on any atom is -0.497 e. The molecular formula is C18H17Cl2NO5. The van der Waals surface area contributed by atoms with E-state index < -0.39 is 18.0 Å². The molecule has 0 heterocycles. The Morgan fingerprint density at radius 3 is 1.96 bits per heavy atom. The second-order valence-corrected chi connectivity index (χ2v) is 6.17. The fraction of sp³-hybridized carbons (Fsp3) is 0.222. The summed E-state index contributed by atoms with van der Waals surface area (Å²) in [5, 5.41) is 3.34. The smallest absolute Gasteiger partial charge is 0.339 e. The first-order chi connectivity index (χ1) is 12.3. The molecule has 6 nitrogen and oxygen atoms in total. The summed E-state index contributed by atoms with van der Waals surface area (Å²) in [6, 6.07) is 9.21. The molecule has 1 atom stereocenters. The van der Waals surface area contributed by atoms with Crippen LogP contribution in [0.1, 0.15) is 17.3 Å². The molecule has 0 bridgehead atoms. The molecule has 0 aliphatic carbocycles. The average Bonchev–Trinajstić information content (AvgIpc) is 2.60. The Morgan fingerprint density at radius 1 is 0.923 bits per heavy atom. The highest BCUT2D eigenvalue weighted by Crippen LogP contribution is 2.24. The van der Waals surface area contributed by atoms with Gasteiger partial charge in [-0.25, -0.2) is 4.79 Å². The van der Waals surface area contributed by atoms with Crippen molar-refractivity contribution in [1.29, 1.82) is 0 Å². The molecule has 26 heavy (non-hydrogen) atoms. The van der Waals surface area contributed by atoms with E-state index in [2.05, 4.69) is 5.32 Å². The van der Waals surface area contributed by atoms with Gasteiger partial charge in [-0.05, 0) is 37.3 Å². The number of carbonyl (C=O) groups is 2. The Hall–Kier alpha value is -2.44. The van der Waals surface area contributed by atoms with Crippen LogP contribution in [-0.2, 0) is 9.53 Å². The lowest BCUT2D eigenvalue weighted by atomic mass is 10.2. The van der Waals surface area contributed by atoms with Gasteiger partial charge in [-0.1, -0.05) is 23.2 Å². The van der Waals surface area contributed by atoms with Crippen LogP contribution in [0, 0.1) is 0 Å². The monoisotopic (exact) mass is 397 g/mol. The number of hydrogen-bond donors (Lipinski definition) is 1. The second-order valence-electron chi connectivity index (χ2n) is 5.30. The lowest BCUT2D eigenvalue weighted by Crippen LogP contribution is -2.30. The Balaban J connectivity index is 2.07. The SMILES string of the molecule is COc1cc(OC)cc(C(=O)O[C@H](C)C(=O)Nc2cc(Cl)cc(Cl)c2)c1. The molecule has 1 N–H and O–H groups in total. The maximum atomic E-state index is 12.3. The molecule has 0 fully saturated rings. The highest BCUT2D eigenvalue weighted by atomic mass is 35.5. The van der Waals surface area contributed by atoms with Crippen LogP contribution < -0.4 is 14.8 Å². The molecule has 138 valence electrons. The van der Waals surface area contributed by atoms with Crippen LogP contribution in [0.3, 0.4) is 0 Å². The van der Waals surface area contributed by atoms with E-state index in [0.717, 1.165) is 0 Å². The second kappa shape index (κ2) is 8.78. The summed E-state index contributed by atoms with van der Waals surface area (Å²) in [7, 11) is 2.94. The topological polar surface area (TPSA) is 73.9 Å². The predicted octanol–water partition coefficient (Wildman–Crippen LogP) is 4.19. The zero-order chi connectivity index (χ0) is 19.3. The van der Waals surface area contributed by atoms with Gasteiger partial charge < -0.3 is 19.5 Å². The number of anilines is 1. The number of methoxy groups -OCH3 is 2. The van der Waals surface area contributed by atoms with Crippen LogP contribution in [-0.4, -0.2) is 32.2 Å². The molecule has 1 amide bonds. The van der Waals surface area contributed by atoms with E-state index in [0.29, 0.717) is 27.2 Å². The van der Waals surface area contributed by atoms with E-state index in [1.807, 2.05) is 0 Å². The summed E-state index contributed by atoms with van der Waals surface area (Å²) in [5.74, 6) is -0.343. The summed E-state index contributed by atoms with van der Waals surface area (Å²) in [4.78, 5) is 24.5. The van der Waals surface area contributed by atoms with E-state index in [1.54, 1.807) is 12.1 Å². The molecule has 0 saturated heterocycles. The Morgan fingerprint density at radius 2 is 1.46 bits per heavy atom. The quantitative estimate of drug-likeness (QED) is 0.739. The van der Waals surface area contributed by atoms with E-state index in [9.17, 15) is 9.59 Å². The van der Waals surface area contributed by atoms with E-state index in [4.69, 9.17) is 37.4 Å². The number of hydrogen-bond acceptors (Lipinski definition) is 5. The number of esters is 1. The minimum absolute atomic E-state index is 0.201. The molecule has 0 aliphatic heterocycles. The highest BCUT2D eigenvalue weighted by molar-refractivity contribution is 6.35. The molecule has 0 spiro atoms. The summed E-state index contributed by atoms with van der Waals surface area (Å²) in [6.07, 6.45) is -1.04. The van der Waals surface area contributed by atoms with Gasteiger partial charge in [-0.15, -0.1) is 0 Å². The Labute approximate surface area is 160 Å². The molecule has 0 unspecified atom stereocenters. The van der Waals surface area contributed by atoms with Crippen LogP contribution in [0.2, 0.25) is 10.0 Å². The van der Waals surface area contributed by atoms with Crippen molar-refractivity contribution in [3.63, 3.8) is 0 Å². The van der Waals surface area contributed by atoms with Gasteiger partial charge in [0.25, 0.3) is 5.91 Å². The highest BCUT2D eigenvalue weighted by Gasteiger charge is 2.20. The standard InChI is InChI=1S/C18H17Cl2NO5/c1-10(17(22)21-14-7-12(19)6-13(20)8-14)26-18(23)11-4-15(24-2)9-16(5-11)25-3/h4-10H,1-3H3,(H,21,22)/t10-/m1/s1. The summed E-state index contributed by atoms with van der Waals surface area (Å²) in [6.45, 7) is 1.46. The normalized spacial score (nSPS) is 11.4. The number of benzene rings is 2. The van der Waals surface area contributed by atoms with E-state index >= 15 is 0 Å². The molecule has 0 aromatic heterocycles. The van der Waals surface area contributed by atoms with Gasteiger partial charge in [-0.3, -0.25) is 4.79 Å². The van der Waals surface area contributed by atoms with E-state index in [1.165, 1.54) is 45.4 Å². The number of amides is 1. The molecule has 0 radical (unpaired) electrons. The number of halogens is 2. The van der Waals surface area contributed by atoms with Crippen LogP contribution in [0.25, 0.3) is 0 Å². The third kappa shape index (κ3) is 5.28. The predicted molar refractivity (Wildman–Crippen MR) is 99.5 cm³/mol. The minimum atomic E-state index is -1.04. The number of ether oxygens (including phenoxy) is 3. The molecule has 2 aromatic rings. The van der Waals surface area contributed by atoms with Crippen LogP contribution >= 0.6 is 23.2 Å². The van der Waals surface area contributed by atoms with E-state index in [-0.39, 0.29) is 5.56 Å². The van der Waals surface area contributed by atoms with Crippen molar-refractivity contribution in [2.24, 2.45) is 0 Å². The van der Waals surface area contributed by atoms with Crippen LogP contribution in [0.4, 0.5) is 5.69 Å². The fourth-order valence-corrected chi connectivity index (χ4v) is 2.60. The summed E-state index contributed by atoms with van der Waals surface area (Å²) >= 11 is 11.8. The first kappa shape index (κ1) is 19.9. The zero-order valence-electron chi connectivity index (χ0n) is 14.3. The van der Waals surface area contributed by atoms with Gasteiger partial charge in [0.1, 0.15) is 11.5 Å². The number of nitrogens with one attached hydrogen (secondary N) is 1. The molecular weight excluding hydrogens is 381 g/mol. The number of carbonyl (C=O) groups excluding carboxylic acids is 2. The van der Waals surface area contributed by atoms with Gasteiger partial charge in [0.2, 0.25) is 0 Å². The first-order valence-corrected chi connectivity index (χ1v) is 8.29. The third-order valence-corrected chi connectivity index (χ3v) is 3.81. The maximum Gasteiger partial charge on any atom is 0.339 e. The van der Waals surface area contributed by atoms with Crippen LogP contribution in [0.5, 0.6) is 11.5 Å². The zero-order valence-corrected chi connectivity index (χ0v) is 15.9. The van der Waals surface area contributed by atoms with Crippen molar-refractivity contribution >= 4 is 40.8 Å². The third-order valence-electron chi connectivity index (χ3n) is 3.37. The maximum absolute atomic E-state index is 12.3. The lowest BCUT2D eigenvalue weighted by molar-refractivity contribution is -0.123. The average molecular weight is 398 g/mol. The van der Waals surface area contributed by atoms with Gasteiger partial charge in [0, 0.05) is 21.8 Å². The van der Waals surface area contributed by atoms with Crippen molar-refractivity contribution in [2.45, 2.75) is 13.0 Å². The fourth-order valence-electron chi connectivity index (χ4n) is 2.08. The van der Waals surface area contributed by atoms with Crippen molar-refractivity contribution in [3.8, 4) is 11.5 Å². The Bertz CT molecular complexity index is 783. The Kier molecular flexibility index (Phi) is 6.71. The summed E-state index contributed by atoms with van der Waals surface area (Å²) in [5.41, 5.74) is 0.602. The van der Waals surface area contributed by atoms with Gasteiger partial charge in [0.05, 0.1) is 19.8 Å². The molecule has 0 aliphatic rings. The van der Waals surface area contributed by atoms with Gasteiger partial charge in [-0.2, -0.15) is 0 Å². The van der Waals surface area contributed by atoms with Crippen molar-refractivity contribution in [3.05, 3.63) is 52.0 Å². The van der Waals surface area contributed by atoms with Crippen LogP contribution in [0.15, 0.2) is 36.4 Å². The largest absolute Gasteiger partial charge is 0.497 e. The van der Waals surface area contributed by atoms with Gasteiger partial charge in [0.15, 0.2) is 6.10 Å². The molecule has 2 aromatic carbocycles. The van der Waals surface area contributed by atoms with Gasteiger partial charge >= 0.3 is 5.97 Å². The first-order valence-electron chi connectivity index (χ1n) is 7.53.